The van der Waals surface area contributed by atoms with Gasteiger partial charge in [-0.15, -0.1) is 0 Å². The number of amides is 1. The maximum Gasteiger partial charge on any atom is 0.239 e. The molecule has 0 aliphatic carbocycles. The number of aromatic nitrogens is 2. The first kappa shape index (κ1) is 17.9. The average Bonchev–Trinajstić information content (AvgIpc) is 3.47. The molecule has 5 rings (SSSR count). The summed E-state index contributed by atoms with van der Waals surface area (Å²) in [5.74, 6) is 0.499. The van der Waals surface area contributed by atoms with Crippen molar-refractivity contribution in [3.05, 3.63) is 42.4 Å². The molecule has 0 saturated carbocycles. The predicted molar refractivity (Wildman–Crippen MR) is 107 cm³/mol. The summed E-state index contributed by atoms with van der Waals surface area (Å²) in [7, 11) is 0. The van der Waals surface area contributed by atoms with E-state index in [-0.39, 0.29) is 30.0 Å². The van der Waals surface area contributed by atoms with E-state index in [4.69, 9.17) is 0 Å². The SMILES string of the molecule is O=C(C1CCCN1)N1CCC(C(O)CC2c3ccccc3-c3cncn32)CC1. The standard InChI is InChI=1S/C22H28N4O2/c27-21(15-7-10-25(11-8-15)22(28)18-6-3-9-24-18)12-19-16-4-1-2-5-17(16)20-13-23-14-26(19)20/h1-2,4-5,13-15,18-19,21,24,27H,3,6-12H2. The quantitative estimate of drug-likeness (QED) is 0.853. The smallest absolute Gasteiger partial charge is 0.239 e. The number of imidazole rings is 1. The lowest BCUT2D eigenvalue weighted by molar-refractivity contribution is -0.135. The van der Waals surface area contributed by atoms with Gasteiger partial charge in [-0.2, -0.15) is 0 Å². The Kier molecular flexibility index (Phi) is 4.69. The highest BCUT2D eigenvalue weighted by Crippen LogP contribution is 2.42. The monoisotopic (exact) mass is 380 g/mol. The van der Waals surface area contributed by atoms with Crippen molar-refractivity contribution in [2.24, 2.45) is 5.92 Å². The van der Waals surface area contributed by atoms with E-state index >= 15 is 0 Å². The fourth-order valence-corrected chi connectivity index (χ4v) is 5.21. The van der Waals surface area contributed by atoms with E-state index in [1.807, 2.05) is 17.4 Å². The second-order valence-corrected chi connectivity index (χ2v) is 8.40. The molecule has 6 nitrogen and oxygen atoms in total. The fraction of sp³-hybridized carbons (Fsp3) is 0.545. The molecule has 2 N–H and O–H groups in total. The third kappa shape index (κ3) is 3.05. The number of nitrogens with zero attached hydrogens (tertiary/aromatic N) is 3. The van der Waals surface area contributed by atoms with Crippen LogP contribution in [-0.2, 0) is 4.79 Å². The van der Waals surface area contributed by atoms with Gasteiger partial charge in [-0.25, -0.2) is 4.98 Å². The molecule has 1 aromatic heterocycles. The van der Waals surface area contributed by atoms with Gasteiger partial charge in [0, 0.05) is 18.7 Å². The van der Waals surface area contributed by atoms with E-state index in [1.54, 1.807) is 0 Å². The summed E-state index contributed by atoms with van der Waals surface area (Å²) in [5.41, 5.74) is 3.64. The normalized spacial score (nSPS) is 25.5. The third-order valence-electron chi connectivity index (χ3n) is 6.82. The van der Waals surface area contributed by atoms with E-state index in [9.17, 15) is 9.90 Å². The number of nitrogens with one attached hydrogen (secondary N) is 1. The fourth-order valence-electron chi connectivity index (χ4n) is 5.21. The van der Waals surface area contributed by atoms with Crippen LogP contribution in [0.4, 0.5) is 0 Å². The number of hydrogen-bond donors (Lipinski definition) is 2. The Balaban J connectivity index is 1.23. The van der Waals surface area contributed by atoms with Crippen molar-refractivity contribution in [2.45, 2.75) is 50.3 Å². The van der Waals surface area contributed by atoms with E-state index in [1.165, 1.54) is 11.1 Å². The van der Waals surface area contributed by atoms with Crippen LogP contribution in [0.15, 0.2) is 36.8 Å². The molecule has 148 valence electrons. The number of benzene rings is 1. The topological polar surface area (TPSA) is 70.4 Å². The van der Waals surface area contributed by atoms with Crippen molar-refractivity contribution in [1.82, 2.24) is 19.8 Å². The van der Waals surface area contributed by atoms with Crippen LogP contribution in [0.3, 0.4) is 0 Å². The van der Waals surface area contributed by atoms with Gasteiger partial charge < -0.3 is 19.9 Å². The molecular formula is C22H28N4O2. The number of carbonyl (C=O) groups is 1. The van der Waals surface area contributed by atoms with E-state index in [0.717, 1.165) is 51.0 Å². The van der Waals surface area contributed by atoms with Gasteiger partial charge in [-0.1, -0.05) is 24.3 Å². The molecular weight excluding hydrogens is 352 g/mol. The number of likely N-dealkylation sites (tertiary alicyclic amines) is 1. The van der Waals surface area contributed by atoms with Gasteiger partial charge in [0.05, 0.1) is 36.4 Å². The molecule has 0 spiro atoms. The summed E-state index contributed by atoms with van der Waals surface area (Å²) in [5, 5.41) is 14.3. The van der Waals surface area contributed by atoms with Gasteiger partial charge in [-0.3, -0.25) is 4.79 Å². The van der Waals surface area contributed by atoms with Crippen molar-refractivity contribution in [3.8, 4) is 11.3 Å². The Hall–Kier alpha value is -2.18. The van der Waals surface area contributed by atoms with Crippen LogP contribution in [0.5, 0.6) is 0 Å². The summed E-state index contributed by atoms with van der Waals surface area (Å²) in [4.78, 5) is 18.9. The first-order valence-corrected chi connectivity index (χ1v) is 10.5. The van der Waals surface area contributed by atoms with Crippen LogP contribution in [0.2, 0.25) is 0 Å². The minimum Gasteiger partial charge on any atom is -0.393 e. The lowest BCUT2D eigenvalue weighted by Gasteiger charge is -2.36. The summed E-state index contributed by atoms with van der Waals surface area (Å²) < 4.78 is 2.19. The van der Waals surface area contributed by atoms with Crippen LogP contribution >= 0.6 is 0 Å². The summed E-state index contributed by atoms with van der Waals surface area (Å²) in [6.45, 7) is 2.47. The molecule has 2 aromatic rings. The van der Waals surface area contributed by atoms with Crippen molar-refractivity contribution in [2.75, 3.05) is 19.6 Å². The Morgan fingerprint density at radius 2 is 2.07 bits per heavy atom. The molecule has 0 bridgehead atoms. The van der Waals surface area contributed by atoms with Crippen molar-refractivity contribution in [1.29, 1.82) is 0 Å². The maximum absolute atomic E-state index is 12.6. The molecule has 3 aliphatic heterocycles. The van der Waals surface area contributed by atoms with Crippen molar-refractivity contribution < 1.29 is 9.90 Å². The Bertz CT molecular complexity index is 850. The minimum absolute atomic E-state index is 0.0103. The lowest BCUT2D eigenvalue weighted by Crippen LogP contribution is -2.48. The summed E-state index contributed by atoms with van der Waals surface area (Å²) in [6.07, 6.45) is 7.92. The Morgan fingerprint density at radius 1 is 1.25 bits per heavy atom. The highest BCUT2D eigenvalue weighted by molar-refractivity contribution is 5.82. The first-order valence-electron chi connectivity index (χ1n) is 10.5. The Labute approximate surface area is 165 Å². The molecule has 1 aromatic carbocycles. The highest BCUT2D eigenvalue weighted by atomic mass is 16.3. The lowest BCUT2D eigenvalue weighted by atomic mass is 9.86. The second-order valence-electron chi connectivity index (χ2n) is 8.40. The van der Waals surface area contributed by atoms with Crippen molar-refractivity contribution in [3.63, 3.8) is 0 Å². The number of piperidine rings is 1. The zero-order chi connectivity index (χ0) is 19.1. The number of aliphatic hydroxyl groups excluding tert-OH is 1. The summed E-state index contributed by atoms with van der Waals surface area (Å²) >= 11 is 0. The molecule has 3 unspecified atom stereocenters. The Morgan fingerprint density at radius 3 is 2.86 bits per heavy atom. The van der Waals surface area contributed by atoms with Crippen molar-refractivity contribution >= 4 is 5.91 Å². The molecule has 6 heteroatoms. The van der Waals surface area contributed by atoms with Crippen LogP contribution in [0.1, 0.15) is 43.7 Å². The number of carbonyl (C=O) groups excluding carboxylic acids is 1. The maximum atomic E-state index is 12.6. The minimum atomic E-state index is -0.367. The molecule has 2 fully saturated rings. The second kappa shape index (κ2) is 7.33. The highest BCUT2D eigenvalue weighted by Gasteiger charge is 2.35. The molecule has 1 amide bonds. The van der Waals surface area contributed by atoms with E-state index < -0.39 is 0 Å². The number of aliphatic hydroxyl groups is 1. The molecule has 4 heterocycles. The van der Waals surface area contributed by atoms with Crippen LogP contribution in [-0.4, -0.2) is 57.2 Å². The number of hydrogen-bond acceptors (Lipinski definition) is 4. The molecule has 2 saturated heterocycles. The van der Waals surface area contributed by atoms with E-state index in [2.05, 4.69) is 39.1 Å². The zero-order valence-corrected chi connectivity index (χ0v) is 16.1. The summed E-state index contributed by atoms with van der Waals surface area (Å²) in [6, 6.07) is 8.58. The van der Waals surface area contributed by atoms with Gasteiger partial charge in [-0.05, 0) is 50.1 Å². The van der Waals surface area contributed by atoms with Gasteiger partial charge >= 0.3 is 0 Å². The van der Waals surface area contributed by atoms with Gasteiger partial charge in [0.2, 0.25) is 5.91 Å². The average molecular weight is 380 g/mol. The molecule has 0 radical (unpaired) electrons. The van der Waals surface area contributed by atoms with Crippen LogP contribution in [0.25, 0.3) is 11.3 Å². The van der Waals surface area contributed by atoms with Gasteiger partial charge in [0.1, 0.15) is 0 Å². The predicted octanol–water partition coefficient (Wildman–Crippen LogP) is 2.19. The van der Waals surface area contributed by atoms with E-state index in [0.29, 0.717) is 6.42 Å². The molecule has 3 aliphatic rings. The molecule has 3 atom stereocenters. The zero-order valence-electron chi connectivity index (χ0n) is 16.1. The third-order valence-corrected chi connectivity index (χ3v) is 6.82. The van der Waals surface area contributed by atoms with Gasteiger partial charge in [0.25, 0.3) is 0 Å². The molecule has 28 heavy (non-hydrogen) atoms. The number of fused-ring (bicyclic) bond motifs is 3. The van der Waals surface area contributed by atoms with Crippen LogP contribution < -0.4 is 5.32 Å². The largest absolute Gasteiger partial charge is 0.393 e. The number of rotatable bonds is 4. The van der Waals surface area contributed by atoms with Crippen LogP contribution in [0, 0.1) is 5.92 Å². The first-order chi connectivity index (χ1) is 13.7. The van der Waals surface area contributed by atoms with Gasteiger partial charge in [0.15, 0.2) is 0 Å².